The quantitative estimate of drug-likeness (QED) is 0.514. The molecule has 1 fully saturated rings. The van der Waals surface area contributed by atoms with Gasteiger partial charge in [-0.1, -0.05) is 52.5 Å². The van der Waals surface area contributed by atoms with Crippen LogP contribution < -0.4 is 5.32 Å². The molecule has 128 valence electrons. The van der Waals surface area contributed by atoms with Gasteiger partial charge in [0.25, 0.3) is 5.91 Å². The molecule has 1 N–H and O–H groups in total. The molecule has 1 saturated carbocycles. The Morgan fingerprint density at radius 1 is 1.36 bits per heavy atom. The Labute approximate surface area is 153 Å². The van der Waals surface area contributed by atoms with E-state index in [0.717, 1.165) is 28.7 Å². The third-order valence-corrected chi connectivity index (χ3v) is 6.00. The highest BCUT2D eigenvalue weighted by Gasteiger charge is 2.29. The largest absolute Gasteiger partial charge is 0.360 e. The van der Waals surface area contributed by atoms with Gasteiger partial charge in [-0.2, -0.15) is 0 Å². The fraction of sp³-hybridized carbons (Fsp3) is 0.294. The number of nitrogens with zero attached hydrogens (tertiary/aromatic N) is 3. The first-order chi connectivity index (χ1) is 12.2. The first kappa shape index (κ1) is 16.3. The minimum Gasteiger partial charge on any atom is -0.360 e. The molecule has 0 spiro atoms. The minimum absolute atomic E-state index is 0.284. The first-order valence-electron chi connectivity index (χ1n) is 7.98. The molecule has 1 amide bonds. The van der Waals surface area contributed by atoms with Crippen LogP contribution in [0, 0.1) is 6.92 Å². The van der Waals surface area contributed by atoms with E-state index in [9.17, 15) is 4.79 Å². The van der Waals surface area contributed by atoms with Crippen molar-refractivity contribution >= 4 is 34.1 Å². The van der Waals surface area contributed by atoms with Gasteiger partial charge in [0.1, 0.15) is 5.76 Å². The van der Waals surface area contributed by atoms with Gasteiger partial charge in [-0.25, -0.2) is 0 Å². The van der Waals surface area contributed by atoms with Crippen LogP contribution >= 0.6 is 23.1 Å². The average Bonchev–Trinajstić information content (AvgIpc) is 3.17. The molecular formula is C17H16N4O2S2. The Morgan fingerprint density at radius 2 is 2.20 bits per heavy atom. The molecule has 0 saturated heterocycles. The normalized spacial score (nSPS) is 13.8. The number of amides is 1. The first-order valence-corrected chi connectivity index (χ1v) is 9.78. The van der Waals surface area contributed by atoms with Crippen molar-refractivity contribution in [3.8, 4) is 0 Å². The molecule has 8 heteroatoms. The number of carbonyl (C=O) groups excluding carboxylic acids is 1. The topological polar surface area (TPSA) is 80.9 Å². The number of aryl methyl sites for hydroxylation is 1. The summed E-state index contributed by atoms with van der Waals surface area (Å²) in [7, 11) is 0. The minimum atomic E-state index is -0.317. The van der Waals surface area contributed by atoms with Gasteiger partial charge in [0, 0.05) is 17.7 Å². The maximum absolute atomic E-state index is 12.2. The van der Waals surface area contributed by atoms with E-state index in [1.807, 2.05) is 12.1 Å². The molecule has 0 unspecified atom stereocenters. The number of anilines is 1. The van der Waals surface area contributed by atoms with E-state index in [4.69, 9.17) is 4.52 Å². The van der Waals surface area contributed by atoms with Crippen LogP contribution in [0.4, 0.5) is 5.13 Å². The van der Waals surface area contributed by atoms with Crippen molar-refractivity contribution < 1.29 is 9.32 Å². The van der Waals surface area contributed by atoms with E-state index in [1.165, 1.54) is 22.5 Å². The number of carbonyl (C=O) groups is 1. The van der Waals surface area contributed by atoms with Crippen molar-refractivity contribution in [2.75, 3.05) is 5.32 Å². The predicted molar refractivity (Wildman–Crippen MR) is 97.1 cm³/mol. The second-order valence-corrected chi connectivity index (χ2v) is 8.13. The molecule has 1 aliphatic rings. The maximum atomic E-state index is 12.2. The van der Waals surface area contributed by atoms with Crippen LogP contribution in [0.25, 0.3) is 0 Å². The summed E-state index contributed by atoms with van der Waals surface area (Å²) in [5.74, 6) is 1.72. The van der Waals surface area contributed by atoms with Crippen molar-refractivity contribution in [1.29, 1.82) is 0 Å². The zero-order valence-corrected chi connectivity index (χ0v) is 15.2. The highest BCUT2D eigenvalue weighted by molar-refractivity contribution is 8.00. The Balaban J connectivity index is 1.35. The number of nitrogens with one attached hydrogen (secondary N) is 1. The summed E-state index contributed by atoms with van der Waals surface area (Å²) in [6.45, 7) is 2.09. The van der Waals surface area contributed by atoms with E-state index >= 15 is 0 Å². The van der Waals surface area contributed by atoms with Crippen molar-refractivity contribution in [1.82, 2.24) is 15.4 Å². The summed E-state index contributed by atoms with van der Waals surface area (Å²) in [5.41, 5.74) is 2.81. The predicted octanol–water partition coefficient (Wildman–Crippen LogP) is 4.26. The van der Waals surface area contributed by atoms with E-state index in [2.05, 4.69) is 39.7 Å². The van der Waals surface area contributed by atoms with Crippen LogP contribution in [0.5, 0.6) is 0 Å². The average molecular weight is 372 g/mol. The van der Waals surface area contributed by atoms with Gasteiger partial charge in [0.15, 0.2) is 10.0 Å². The number of thioether (sulfide) groups is 1. The van der Waals surface area contributed by atoms with Crippen LogP contribution in [0.15, 0.2) is 39.2 Å². The molecular weight excluding hydrogens is 356 g/mol. The molecule has 2 aromatic heterocycles. The maximum Gasteiger partial charge on any atom is 0.279 e. The second-order valence-electron chi connectivity index (χ2n) is 5.93. The lowest BCUT2D eigenvalue weighted by molar-refractivity contribution is 0.101. The Hall–Kier alpha value is -2.19. The summed E-state index contributed by atoms with van der Waals surface area (Å²) in [6, 6.07) is 9.97. The Morgan fingerprint density at radius 3 is 3.00 bits per heavy atom. The van der Waals surface area contributed by atoms with Crippen LogP contribution in [0.3, 0.4) is 0 Å². The summed E-state index contributed by atoms with van der Waals surface area (Å²) < 4.78 is 6.02. The molecule has 2 heterocycles. The van der Waals surface area contributed by atoms with E-state index < -0.39 is 0 Å². The van der Waals surface area contributed by atoms with Gasteiger partial charge >= 0.3 is 0 Å². The van der Waals surface area contributed by atoms with Crippen molar-refractivity contribution in [3.05, 3.63) is 52.9 Å². The van der Waals surface area contributed by atoms with Gasteiger partial charge < -0.3 is 4.52 Å². The van der Waals surface area contributed by atoms with E-state index in [1.54, 1.807) is 17.8 Å². The standard InChI is InChI=1S/C17H16N4O2S2/c1-10-4-2-3-5-12(10)9-24-17-20-19-16(25-17)18-15(22)13-8-14(23-21-13)11-6-7-11/h2-5,8,11H,6-7,9H2,1H3,(H,18,19,22). The highest BCUT2D eigenvalue weighted by Crippen LogP contribution is 2.40. The molecule has 3 aromatic rings. The fourth-order valence-electron chi connectivity index (χ4n) is 2.35. The molecule has 0 atom stereocenters. The molecule has 25 heavy (non-hydrogen) atoms. The van der Waals surface area contributed by atoms with Crippen LogP contribution in [-0.4, -0.2) is 21.3 Å². The summed E-state index contributed by atoms with van der Waals surface area (Å²) in [5, 5.41) is 15.2. The van der Waals surface area contributed by atoms with Gasteiger partial charge in [-0.15, -0.1) is 10.2 Å². The third kappa shape index (κ3) is 3.91. The molecule has 0 bridgehead atoms. The fourth-order valence-corrected chi connectivity index (χ4v) is 4.17. The number of rotatable bonds is 6. The Kier molecular flexibility index (Phi) is 4.54. The zero-order chi connectivity index (χ0) is 17.2. The molecule has 6 nitrogen and oxygen atoms in total. The van der Waals surface area contributed by atoms with Crippen LogP contribution in [-0.2, 0) is 5.75 Å². The summed E-state index contributed by atoms with van der Waals surface area (Å²) in [4.78, 5) is 12.2. The van der Waals surface area contributed by atoms with Gasteiger partial charge in [0.2, 0.25) is 5.13 Å². The number of benzene rings is 1. The number of hydrogen-bond donors (Lipinski definition) is 1. The molecule has 1 aromatic carbocycles. The van der Waals surface area contributed by atoms with Crippen LogP contribution in [0.1, 0.15) is 46.1 Å². The lowest BCUT2D eigenvalue weighted by Gasteiger charge is -2.02. The van der Waals surface area contributed by atoms with E-state index in [-0.39, 0.29) is 11.6 Å². The molecule has 4 rings (SSSR count). The number of aromatic nitrogens is 3. The van der Waals surface area contributed by atoms with Crippen molar-refractivity contribution in [2.24, 2.45) is 0 Å². The van der Waals surface area contributed by atoms with Gasteiger partial charge in [-0.3, -0.25) is 10.1 Å². The molecule has 0 aliphatic heterocycles. The molecule has 0 radical (unpaired) electrons. The van der Waals surface area contributed by atoms with Gasteiger partial charge in [-0.05, 0) is 30.9 Å². The Bertz CT molecular complexity index is 901. The second kappa shape index (κ2) is 6.97. The van der Waals surface area contributed by atoms with Crippen LogP contribution in [0.2, 0.25) is 0 Å². The van der Waals surface area contributed by atoms with E-state index in [0.29, 0.717) is 11.0 Å². The smallest absolute Gasteiger partial charge is 0.279 e. The molecule has 1 aliphatic carbocycles. The lowest BCUT2D eigenvalue weighted by atomic mass is 10.1. The van der Waals surface area contributed by atoms with Crippen molar-refractivity contribution in [2.45, 2.75) is 35.8 Å². The third-order valence-electron chi connectivity index (χ3n) is 3.98. The monoisotopic (exact) mass is 372 g/mol. The summed E-state index contributed by atoms with van der Waals surface area (Å²) >= 11 is 2.96. The van der Waals surface area contributed by atoms with Crippen molar-refractivity contribution in [3.63, 3.8) is 0 Å². The number of hydrogen-bond acceptors (Lipinski definition) is 7. The van der Waals surface area contributed by atoms with Gasteiger partial charge in [0.05, 0.1) is 0 Å². The zero-order valence-electron chi connectivity index (χ0n) is 13.6. The SMILES string of the molecule is Cc1ccccc1CSc1nnc(NC(=O)c2cc(C3CC3)on2)s1. The lowest BCUT2D eigenvalue weighted by Crippen LogP contribution is -2.11. The highest BCUT2D eigenvalue weighted by atomic mass is 32.2. The summed E-state index contributed by atoms with van der Waals surface area (Å²) in [6.07, 6.45) is 2.21.